The highest BCUT2D eigenvalue weighted by atomic mass is 35.5. The summed E-state index contributed by atoms with van der Waals surface area (Å²) in [6.07, 6.45) is -6.16. The molecule has 1 amide bonds. The van der Waals surface area contributed by atoms with Gasteiger partial charge in [-0.05, 0) is 26.8 Å². The van der Waals surface area contributed by atoms with E-state index in [1.165, 1.54) is 20.8 Å². The smallest absolute Gasteiger partial charge is 0.444 e. The van der Waals surface area contributed by atoms with Crippen LogP contribution in [0.3, 0.4) is 0 Å². The summed E-state index contributed by atoms with van der Waals surface area (Å²) in [4.78, 5) is 11.6. The third kappa shape index (κ3) is 6.33. The molecule has 0 aliphatic heterocycles. The predicted molar refractivity (Wildman–Crippen MR) is 85.1 cm³/mol. The summed E-state index contributed by atoms with van der Waals surface area (Å²) in [7, 11) is -6.32. The van der Waals surface area contributed by atoms with Crippen LogP contribution in [0.25, 0.3) is 0 Å². The summed E-state index contributed by atoms with van der Waals surface area (Å²) in [5.74, 6) is -1.41. The molecule has 0 spiro atoms. The highest BCUT2D eigenvalue weighted by Crippen LogP contribution is 2.42. The Labute approximate surface area is 160 Å². The number of ether oxygens (including phenoxy) is 1. The molecule has 6 nitrogen and oxygen atoms in total. The molecule has 160 valence electrons. The van der Waals surface area contributed by atoms with Gasteiger partial charge in [-0.15, -0.1) is 0 Å². The van der Waals surface area contributed by atoms with Crippen LogP contribution in [0.5, 0.6) is 5.75 Å². The topological polar surface area (TPSA) is 81.7 Å². The summed E-state index contributed by atoms with van der Waals surface area (Å²) in [5.41, 5.74) is -9.04. The van der Waals surface area contributed by atoms with Gasteiger partial charge in [0.2, 0.25) is 0 Å². The van der Waals surface area contributed by atoms with Crippen molar-refractivity contribution < 1.29 is 48.5 Å². The zero-order chi connectivity index (χ0) is 22.1. The molecule has 0 atom stereocenters. The van der Waals surface area contributed by atoms with E-state index in [4.69, 9.17) is 16.3 Å². The first-order valence-electron chi connectivity index (χ1n) is 7.21. The van der Waals surface area contributed by atoms with Crippen LogP contribution in [0.1, 0.15) is 31.9 Å². The zero-order valence-electron chi connectivity index (χ0n) is 14.5. The maximum absolute atomic E-state index is 12.9. The number of hydrogen-bond acceptors (Lipinski definition) is 5. The number of carbonyl (C=O) groups excluding carboxylic acids is 1. The number of halogens is 7. The molecule has 1 rings (SSSR count). The van der Waals surface area contributed by atoms with Gasteiger partial charge in [-0.25, -0.2) is 4.79 Å². The van der Waals surface area contributed by atoms with Crippen molar-refractivity contribution >= 4 is 27.8 Å². The number of amides is 1. The van der Waals surface area contributed by atoms with Crippen molar-refractivity contribution in [2.75, 3.05) is 0 Å². The molecule has 14 heteroatoms. The average molecular weight is 458 g/mol. The van der Waals surface area contributed by atoms with E-state index < -0.39 is 61.9 Å². The quantitative estimate of drug-likeness (QED) is 0.405. The Morgan fingerprint density at radius 2 is 1.64 bits per heavy atom. The number of carbonyl (C=O) groups is 1. The van der Waals surface area contributed by atoms with Gasteiger partial charge in [0.1, 0.15) is 5.60 Å². The first kappa shape index (κ1) is 24.1. The van der Waals surface area contributed by atoms with Gasteiger partial charge in [-0.1, -0.05) is 17.7 Å². The molecule has 1 N–H and O–H groups in total. The summed E-state index contributed by atoms with van der Waals surface area (Å²) in [6.45, 7) is 3.79. The Morgan fingerprint density at radius 3 is 2.07 bits per heavy atom. The molecule has 0 radical (unpaired) electrons. The average Bonchev–Trinajstić information content (AvgIpc) is 2.43. The SMILES string of the molecule is CC(C)(C)OC(=O)NCc1ccc(C(F)(F)F)c(Cl)c1OS(=O)(=O)C(F)(F)F. The van der Waals surface area contributed by atoms with Gasteiger partial charge in [0.25, 0.3) is 0 Å². The molecule has 0 saturated heterocycles. The lowest BCUT2D eigenvalue weighted by atomic mass is 10.1. The highest BCUT2D eigenvalue weighted by Gasteiger charge is 2.49. The number of nitrogens with one attached hydrogen (secondary N) is 1. The molecule has 0 saturated carbocycles. The van der Waals surface area contributed by atoms with Crippen LogP contribution in [-0.2, 0) is 27.6 Å². The van der Waals surface area contributed by atoms with Gasteiger partial charge < -0.3 is 14.2 Å². The van der Waals surface area contributed by atoms with E-state index in [-0.39, 0.29) is 0 Å². The van der Waals surface area contributed by atoms with Crippen molar-refractivity contribution in [3.05, 3.63) is 28.3 Å². The summed E-state index contributed by atoms with van der Waals surface area (Å²) in [6, 6.07) is 1.02. The molecular weight excluding hydrogens is 444 g/mol. The Bertz CT molecular complexity index is 845. The third-order valence-corrected chi connectivity index (χ3v) is 4.11. The highest BCUT2D eigenvalue weighted by molar-refractivity contribution is 7.88. The zero-order valence-corrected chi connectivity index (χ0v) is 16.0. The summed E-state index contributed by atoms with van der Waals surface area (Å²) in [5, 5.41) is 0.636. The molecule has 1 aromatic rings. The Morgan fingerprint density at radius 1 is 1.11 bits per heavy atom. The minimum absolute atomic E-state index is 0.404. The lowest BCUT2D eigenvalue weighted by Gasteiger charge is -2.21. The van der Waals surface area contributed by atoms with Gasteiger partial charge in [-0.2, -0.15) is 34.8 Å². The van der Waals surface area contributed by atoms with Gasteiger partial charge in [0, 0.05) is 12.1 Å². The van der Waals surface area contributed by atoms with Crippen molar-refractivity contribution in [1.82, 2.24) is 5.32 Å². The van der Waals surface area contributed by atoms with E-state index in [2.05, 4.69) is 4.18 Å². The van der Waals surface area contributed by atoms with Crippen LogP contribution in [0, 0.1) is 0 Å². The van der Waals surface area contributed by atoms with Crippen LogP contribution in [0.2, 0.25) is 5.02 Å². The van der Waals surface area contributed by atoms with Crippen molar-refractivity contribution in [3.8, 4) is 5.75 Å². The number of alkyl halides is 6. The Kier molecular flexibility index (Phi) is 6.77. The minimum Gasteiger partial charge on any atom is -0.444 e. The van der Waals surface area contributed by atoms with Gasteiger partial charge >= 0.3 is 27.9 Å². The first-order chi connectivity index (χ1) is 12.3. The van der Waals surface area contributed by atoms with Gasteiger partial charge in [-0.3, -0.25) is 0 Å². The van der Waals surface area contributed by atoms with Gasteiger partial charge in [0.05, 0.1) is 10.6 Å². The van der Waals surface area contributed by atoms with Crippen molar-refractivity contribution in [2.45, 2.75) is 44.6 Å². The van der Waals surface area contributed by atoms with Crippen LogP contribution in [-0.4, -0.2) is 25.6 Å². The fourth-order valence-corrected chi connectivity index (χ4v) is 2.56. The lowest BCUT2D eigenvalue weighted by molar-refractivity contribution is -0.137. The van der Waals surface area contributed by atoms with Crippen LogP contribution in [0.4, 0.5) is 31.1 Å². The second kappa shape index (κ2) is 7.85. The Balaban J connectivity index is 3.33. The van der Waals surface area contributed by atoms with E-state index in [1.807, 2.05) is 5.32 Å². The maximum Gasteiger partial charge on any atom is 0.534 e. The van der Waals surface area contributed by atoms with E-state index in [0.29, 0.717) is 12.1 Å². The van der Waals surface area contributed by atoms with Crippen molar-refractivity contribution in [3.63, 3.8) is 0 Å². The van der Waals surface area contributed by atoms with Crippen LogP contribution in [0.15, 0.2) is 12.1 Å². The summed E-state index contributed by atoms with van der Waals surface area (Å²) >= 11 is 5.46. The number of rotatable bonds is 4. The van der Waals surface area contributed by atoms with E-state index in [9.17, 15) is 39.6 Å². The monoisotopic (exact) mass is 457 g/mol. The largest absolute Gasteiger partial charge is 0.534 e. The molecule has 0 bridgehead atoms. The molecule has 0 aliphatic rings. The molecule has 0 aliphatic carbocycles. The molecule has 0 aromatic heterocycles. The summed E-state index contributed by atoms with van der Waals surface area (Å²) < 4.78 is 108. The third-order valence-electron chi connectivity index (χ3n) is 2.78. The number of alkyl carbamates (subject to hydrolysis) is 1. The van der Waals surface area contributed by atoms with Crippen molar-refractivity contribution in [1.29, 1.82) is 0 Å². The second-order valence-corrected chi connectivity index (χ2v) is 8.17. The normalized spacial score (nSPS) is 13.2. The lowest BCUT2D eigenvalue weighted by Crippen LogP contribution is -2.32. The fourth-order valence-electron chi connectivity index (χ4n) is 1.68. The van der Waals surface area contributed by atoms with E-state index in [1.54, 1.807) is 0 Å². The molecule has 0 heterocycles. The minimum atomic E-state index is -6.32. The number of hydrogen-bond donors (Lipinski definition) is 1. The maximum atomic E-state index is 12.9. The predicted octanol–water partition coefficient (Wildman–Crippen LogP) is 4.61. The van der Waals surface area contributed by atoms with Crippen LogP contribution < -0.4 is 9.50 Å². The standard InChI is InChI=1S/C14H14ClF6NO5S/c1-12(2,3)26-11(23)22-6-7-4-5-8(13(16,17)18)9(15)10(7)27-28(24,25)14(19,20)21/h4-5H,6H2,1-3H3,(H,22,23). The van der Waals surface area contributed by atoms with Crippen LogP contribution >= 0.6 is 11.6 Å². The first-order valence-corrected chi connectivity index (χ1v) is 9.00. The van der Waals surface area contributed by atoms with E-state index in [0.717, 1.165) is 0 Å². The second-order valence-electron chi connectivity index (χ2n) is 6.25. The molecular formula is C14H14ClF6NO5S. The molecule has 1 aromatic carbocycles. The molecule has 0 unspecified atom stereocenters. The van der Waals surface area contributed by atoms with Crippen molar-refractivity contribution in [2.24, 2.45) is 0 Å². The fraction of sp³-hybridized carbons (Fsp3) is 0.500. The molecule has 0 fully saturated rings. The van der Waals surface area contributed by atoms with E-state index >= 15 is 0 Å². The molecule has 28 heavy (non-hydrogen) atoms. The van der Waals surface area contributed by atoms with Gasteiger partial charge in [0.15, 0.2) is 5.75 Å². The Hall–Kier alpha value is -1.89. The number of benzene rings is 1.